The van der Waals surface area contributed by atoms with Crippen LogP contribution in [-0.2, 0) is 4.79 Å². The first-order chi connectivity index (χ1) is 8.54. The zero-order valence-electron chi connectivity index (χ0n) is 9.83. The number of ketones is 1. The van der Waals surface area contributed by atoms with Crippen molar-refractivity contribution in [2.45, 2.75) is 6.92 Å². The minimum atomic E-state index is -0.688. The third kappa shape index (κ3) is 3.91. The first kappa shape index (κ1) is 13.7. The number of hydrogen-bond donors (Lipinski definition) is 1. The molecule has 18 heavy (non-hydrogen) atoms. The van der Waals surface area contributed by atoms with Crippen LogP contribution >= 0.6 is 0 Å². The van der Waals surface area contributed by atoms with E-state index in [1.165, 1.54) is 19.1 Å². The van der Waals surface area contributed by atoms with Crippen molar-refractivity contribution < 1.29 is 18.7 Å². The number of rotatable bonds is 5. The number of benzene rings is 1. The molecule has 0 bridgehead atoms. The van der Waals surface area contributed by atoms with Crippen LogP contribution in [0.25, 0.3) is 0 Å². The van der Waals surface area contributed by atoms with Crippen LogP contribution in [0.2, 0.25) is 0 Å². The summed E-state index contributed by atoms with van der Waals surface area (Å²) in [6.07, 6.45) is 4.96. The second-order valence-electron chi connectivity index (χ2n) is 3.47. The van der Waals surface area contributed by atoms with Gasteiger partial charge in [-0.1, -0.05) is 5.92 Å². The number of ether oxygens (including phenoxy) is 1. The third-order valence-electron chi connectivity index (χ3n) is 2.08. The molecule has 0 heterocycles. The van der Waals surface area contributed by atoms with E-state index in [0.717, 1.165) is 6.07 Å². The Hall–Kier alpha value is -2.35. The van der Waals surface area contributed by atoms with Gasteiger partial charge in [0, 0.05) is 5.56 Å². The molecule has 0 aliphatic carbocycles. The lowest BCUT2D eigenvalue weighted by Gasteiger charge is -2.07. The second-order valence-corrected chi connectivity index (χ2v) is 3.47. The lowest BCUT2D eigenvalue weighted by molar-refractivity contribution is -0.122. The molecule has 4 nitrogen and oxygen atoms in total. The molecule has 1 aromatic carbocycles. The molecule has 0 aromatic heterocycles. The number of hydrogen-bond acceptors (Lipinski definition) is 3. The van der Waals surface area contributed by atoms with E-state index >= 15 is 0 Å². The van der Waals surface area contributed by atoms with Crippen molar-refractivity contribution in [2.24, 2.45) is 0 Å². The van der Waals surface area contributed by atoms with E-state index in [1.54, 1.807) is 0 Å². The quantitative estimate of drug-likeness (QED) is 0.629. The number of nitrogens with one attached hydrogen (secondary N) is 1. The number of carbonyl (C=O) groups is 2. The molecule has 1 rings (SSSR count). The van der Waals surface area contributed by atoms with Crippen LogP contribution in [0.4, 0.5) is 4.39 Å². The number of terminal acetylenes is 1. The maximum absolute atomic E-state index is 13.5. The summed E-state index contributed by atoms with van der Waals surface area (Å²) in [6, 6.07) is 3.80. The average molecular weight is 249 g/mol. The van der Waals surface area contributed by atoms with Gasteiger partial charge >= 0.3 is 0 Å². The molecule has 5 heteroatoms. The van der Waals surface area contributed by atoms with Crippen LogP contribution in [-0.4, -0.2) is 24.8 Å². The zero-order chi connectivity index (χ0) is 13.5. The van der Waals surface area contributed by atoms with Crippen LogP contribution < -0.4 is 10.1 Å². The molecule has 1 amide bonds. The highest BCUT2D eigenvalue weighted by molar-refractivity contribution is 5.94. The van der Waals surface area contributed by atoms with E-state index in [9.17, 15) is 14.0 Å². The fourth-order valence-electron chi connectivity index (χ4n) is 1.18. The molecule has 94 valence electrons. The Balaban J connectivity index is 2.61. The molecule has 0 aliphatic rings. The van der Waals surface area contributed by atoms with Crippen LogP contribution in [0.3, 0.4) is 0 Å². The number of carbonyl (C=O) groups excluding carboxylic acids is 2. The Morgan fingerprint density at radius 1 is 1.50 bits per heavy atom. The van der Waals surface area contributed by atoms with Gasteiger partial charge in [-0.25, -0.2) is 4.39 Å². The summed E-state index contributed by atoms with van der Waals surface area (Å²) in [7, 11) is 0. The van der Waals surface area contributed by atoms with Gasteiger partial charge in [-0.05, 0) is 25.1 Å². The lowest BCUT2D eigenvalue weighted by Crippen LogP contribution is -2.29. The molecule has 0 atom stereocenters. The van der Waals surface area contributed by atoms with Gasteiger partial charge in [0.25, 0.3) is 5.91 Å². The Morgan fingerprint density at radius 3 is 2.78 bits per heavy atom. The van der Waals surface area contributed by atoms with Crippen molar-refractivity contribution in [1.82, 2.24) is 5.32 Å². The van der Waals surface area contributed by atoms with Crippen LogP contribution in [0.5, 0.6) is 5.75 Å². The molecule has 0 saturated heterocycles. The molecule has 0 unspecified atom stereocenters. The molecular weight excluding hydrogens is 237 g/mol. The topological polar surface area (TPSA) is 55.4 Å². The van der Waals surface area contributed by atoms with E-state index in [4.69, 9.17) is 11.2 Å². The molecule has 1 aromatic rings. The van der Waals surface area contributed by atoms with Gasteiger partial charge in [0.1, 0.15) is 0 Å². The molecule has 0 radical (unpaired) electrons. The van der Waals surface area contributed by atoms with E-state index in [0.29, 0.717) is 0 Å². The Kier molecular flexibility index (Phi) is 4.88. The fourth-order valence-corrected chi connectivity index (χ4v) is 1.18. The summed E-state index contributed by atoms with van der Waals surface area (Å²) >= 11 is 0. The molecule has 1 N–H and O–H groups in total. The Morgan fingerprint density at radius 2 is 2.22 bits per heavy atom. The predicted molar refractivity (Wildman–Crippen MR) is 63.7 cm³/mol. The van der Waals surface area contributed by atoms with Gasteiger partial charge < -0.3 is 10.1 Å². The van der Waals surface area contributed by atoms with E-state index in [-0.39, 0.29) is 30.2 Å². The largest absolute Gasteiger partial charge is 0.481 e. The lowest BCUT2D eigenvalue weighted by atomic mass is 10.1. The highest BCUT2D eigenvalue weighted by Crippen LogP contribution is 2.18. The minimum Gasteiger partial charge on any atom is -0.481 e. The first-order valence-electron chi connectivity index (χ1n) is 5.18. The smallest absolute Gasteiger partial charge is 0.258 e. The number of Topliss-reactive ketones (excluding diaryl/α,β-unsaturated/α-hetero) is 1. The molecule has 0 saturated carbocycles. The van der Waals surface area contributed by atoms with Gasteiger partial charge in [0.05, 0.1) is 6.54 Å². The van der Waals surface area contributed by atoms with Crippen molar-refractivity contribution >= 4 is 11.7 Å². The van der Waals surface area contributed by atoms with Gasteiger partial charge in [-0.15, -0.1) is 6.42 Å². The van der Waals surface area contributed by atoms with E-state index in [2.05, 4.69) is 11.2 Å². The summed E-state index contributed by atoms with van der Waals surface area (Å²) in [5.74, 6) is 0.769. The maximum Gasteiger partial charge on any atom is 0.258 e. The SMILES string of the molecule is C#CCNC(=O)COc1ccc(C(C)=O)cc1F. The van der Waals surface area contributed by atoms with Crippen molar-refractivity contribution in [1.29, 1.82) is 0 Å². The van der Waals surface area contributed by atoms with Crippen molar-refractivity contribution in [3.05, 3.63) is 29.6 Å². The fraction of sp³-hybridized carbons (Fsp3) is 0.231. The van der Waals surface area contributed by atoms with E-state index in [1.807, 2.05) is 0 Å². The molecule has 0 fully saturated rings. The Bertz CT molecular complexity index is 505. The average Bonchev–Trinajstić information content (AvgIpc) is 2.34. The van der Waals surface area contributed by atoms with Crippen molar-refractivity contribution in [3.8, 4) is 18.1 Å². The van der Waals surface area contributed by atoms with Gasteiger partial charge in [0.2, 0.25) is 0 Å². The number of amides is 1. The minimum absolute atomic E-state index is 0.0872. The van der Waals surface area contributed by atoms with Crippen molar-refractivity contribution in [3.63, 3.8) is 0 Å². The Labute approximate surface area is 104 Å². The molecule has 0 spiro atoms. The maximum atomic E-state index is 13.5. The molecule has 0 aliphatic heterocycles. The standard InChI is InChI=1S/C13H12FNO3/c1-3-6-15-13(17)8-18-12-5-4-10(9(2)16)7-11(12)14/h1,4-5,7H,6,8H2,2H3,(H,15,17). The monoisotopic (exact) mass is 249 g/mol. The molecular formula is C13H12FNO3. The first-order valence-corrected chi connectivity index (χ1v) is 5.18. The predicted octanol–water partition coefficient (Wildman–Crippen LogP) is 1.16. The van der Waals surface area contributed by atoms with Gasteiger partial charge in [-0.3, -0.25) is 9.59 Å². The highest BCUT2D eigenvalue weighted by atomic mass is 19.1. The normalized spacial score (nSPS) is 9.39. The van der Waals surface area contributed by atoms with Crippen LogP contribution in [0, 0.1) is 18.2 Å². The van der Waals surface area contributed by atoms with Gasteiger partial charge in [-0.2, -0.15) is 0 Å². The van der Waals surface area contributed by atoms with Crippen molar-refractivity contribution in [2.75, 3.05) is 13.2 Å². The van der Waals surface area contributed by atoms with E-state index < -0.39 is 11.7 Å². The summed E-state index contributed by atoms with van der Waals surface area (Å²) < 4.78 is 18.4. The second kappa shape index (κ2) is 6.40. The van der Waals surface area contributed by atoms with Gasteiger partial charge in [0.15, 0.2) is 24.0 Å². The third-order valence-corrected chi connectivity index (χ3v) is 2.08. The summed E-state index contributed by atoms with van der Waals surface area (Å²) in [5, 5.41) is 2.38. The summed E-state index contributed by atoms with van der Waals surface area (Å²) in [4.78, 5) is 22.2. The highest BCUT2D eigenvalue weighted by Gasteiger charge is 2.09. The van der Waals surface area contributed by atoms with Crippen LogP contribution in [0.15, 0.2) is 18.2 Å². The zero-order valence-corrected chi connectivity index (χ0v) is 9.83. The summed E-state index contributed by atoms with van der Waals surface area (Å²) in [5.41, 5.74) is 0.247. The number of halogens is 1. The summed E-state index contributed by atoms with van der Waals surface area (Å²) in [6.45, 7) is 1.09. The van der Waals surface area contributed by atoms with Crippen LogP contribution in [0.1, 0.15) is 17.3 Å².